The molecule has 9 heteroatoms. The molecule has 0 saturated carbocycles. The van der Waals surface area contributed by atoms with Crippen LogP contribution in [0.15, 0.2) is 64.4 Å². The summed E-state index contributed by atoms with van der Waals surface area (Å²) in [5.74, 6) is -0.0112. The number of allylic oxidation sites excluding steroid dienone is 1. The number of aliphatic hydroxyl groups is 1. The fourth-order valence-corrected chi connectivity index (χ4v) is 4.09. The van der Waals surface area contributed by atoms with Crippen molar-refractivity contribution in [3.8, 4) is 28.7 Å². The van der Waals surface area contributed by atoms with Crippen LogP contribution in [0.5, 0.6) is 0 Å². The van der Waals surface area contributed by atoms with E-state index in [1.54, 1.807) is 6.07 Å². The van der Waals surface area contributed by atoms with E-state index in [4.69, 9.17) is 16.0 Å². The van der Waals surface area contributed by atoms with Gasteiger partial charge in [-0.2, -0.15) is 5.26 Å². The van der Waals surface area contributed by atoms with Gasteiger partial charge < -0.3 is 9.52 Å². The summed E-state index contributed by atoms with van der Waals surface area (Å²) in [6.45, 7) is 1.99. The van der Waals surface area contributed by atoms with Gasteiger partial charge in [-0.3, -0.25) is 10.1 Å². The predicted octanol–water partition coefficient (Wildman–Crippen LogP) is 6.89. The Kier molecular flexibility index (Phi) is 5.77. The molecule has 7 nitrogen and oxygen atoms in total. The summed E-state index contributed by atoms with van der Waals surface area (Å²) < 4.78 is 5.69. The van der Waals surface area contributed by atoms with Gasteiger partial charge in [-0.05, 0) is 25.1 Å². The number of halogens is 1. The molecule has 2 heterocycles. The molecule has 2 aromatic heterocycles. The molecule has 0 radical (unpaired) electrons. The standard InChI is InChI=1S/C23H14ClN3O4S/c1-13-2-4-14(5-3-13)19-12-32-23(26-19)17(11-25)22(28)21-9-8-20(31-21)16-7-6-15(27(29)30)10-18(16)24/h2-10,12,28H,1H3. The van der Waals surface area contributed by atoms with Gasteiger partial charge in [-0.25, -0.2) is 4.98 Å². The SMILES string of the molecule is Cc1ccc(-c2csc(C(C#N)=C(O)c3ccc(-c4ccc([N+](=O)[O-])cc4Cl)o3)n2)cc1. The molecule has 2 aromatic carbocycles. The van der Waals surface area contributed by atoms with Crippen molar-refractivity contribution in [2.45, 2.75) is 6.92 Å². The van der Waals surface area contributed by atoms with E-state index in [9.17, 15) is 20.5 Å². The highest BCUT2D eigenvalue weighted by molar-refractivity contribution is 7.11. The van der Waals surface area contributed by atoms with Gasteiger partial charge in [0.25, 0.3) is 5.69 Å². The number of thiazole rings is 1. The van der Waals surface area contributed by atoms with E-state index < -0.39 is 4.92 Å². The van der Waals surface area contributed by atoms with Gasteiger partial charge in [-0.15, -0.1) is 11.3 Å². The summed E-state index contributed by atoms with van der Waals surface area (Å²) in [5.41, 5.74) is 2.98. The van der Waals surface area contributed by atoms with Crippen molar-refractivity contribution in [3.05, 3.63) is 91.4 Å². The number of hydrogen-bond donors (Lipinski definition) is 1. The van der Waals surface area contributed by atoms with Crippen LogP contribution >= 0.6 is 22.9 Å². The van der Waals surface area contributed by atoms with E-state index in [1.807, 2.05) is 42.6 Å². The van der Waals surface area contributed by atoms with E-state index in [1.165, 1.54) is 35.6 Å². The first kappa shape index (κ1) is 21.3. The van der Waals surface area contributed by atoms with E-state index in [2.05, 4.69) is 4.98 Å². The molecule has 0 saturated heterocycles. The number of rotatable bonds is 5. The lowest BCUT2D eigenvalue weighted by molar-refractivity contribution is -0.384. The molecule has 1 N–H and O–H groups in total. The highest BCUT2D eigenvalue weighted by Gasteiger charge is 2.19. The van der Waals surface area contributed by atoms with Crippen molar-refractivity contribution in [2.75, 3.05) is 0 Å². The van der Waals surface area contributed by atoms with Gasteiger partial charge in [-0.1, -0.05) is 41.4 Å². The minimum atomic E-state index is -0.546. The molecule has 158 valence electrons. The molecule has 32 heavy (non-hydrogen) atoms. The Morgan fingerprint density at radius 2 is 1.97 bits per heavy atom. The van der Waals surface area contributed by atoms with Gasteiger partial charge in [0.1, 0.15) is 22.4 Å². The Hall–Kier alpha value is -3.93. The number of furan rings is 1. The summed E-state index contributed by atoms with van der Waals surface area (Å²) in [6, 6.07) is 16.9. The molecule has 0 aliphatic heterocycles. The zero-order valence-electron chi connectivity index (χ0n) is 16.6. The van der Waals surface area contributed by atoms with Crippen LogP contribution in [0.1, 0.15) is 16.3 Å². The molecule has 0 unspecified atom stereocenters. The lowest BCUT2D eigenvalue weighted by atomic mass is 10.1. The van der Waals surface area contributed by atoms with Crippen LogP contribution in [0.4, 0.5) is 5.69 Å². The minimum absolute atomic E-state index is 0.0240. The lowest BCUT2D eigenvalue weighted by Crippen LogP contribution is -1.89. The third kappa shape index (κ3) is 4.12. The minimum Gasteiger partial charge on any atom is -0.503 e. The highest BCUT2D eigenvalue weighted by atomic mass is 35.5. The monoisotopic (exact) mass is 463 g/mol. The summed E-state index contributed by atoms with van der Waals surface area (Å²) >= 11 is 7.39. The van der Waals surface area contributed by atoms with Crippen molar-refractivity contribution in [1.82, 2.24) is 4.98 Å². The zero-order valence-corrected chi connectivity index (χ0v) is 18.1. The van der Waals surface area contributed by atoms with E-state index in [0.29, 0.717) is 22.0 Å². The van der Waals surface area contributed by atoms with E-state index in [-0.39, 0.29) is 27.8 Å². The molecule has 0 aliphatic rings. The second-order valence-electron chi connectivity index (χ2n) is 6.82. The lowest BCUT2D eigenvalue weighted by Gasteiger charge is -2.02. The second-order valence-corrected chi connectivity index (χ2v) is 8.09. The Morgan fingerprint density at radius 3 is 2.62 bits per heavy atom. The number of nitro groups is 1. The van der Waals surface area contributed by atoms with Crippen LogP contribution in [0.25, 0.3) is 33.9 Å². The predicted molar refractivity (Wildman–Crippen MR) is 123 cm³/mol. The van der Waals surface area contributed by atoms with E-state index in [0.717, 1.165) is 11.1 Å². The third-order valence-corrected chi connectivity index (χ3v) is 5.85. The summed E-state index contributed by atoms with van der Waals surface area (Å²) in [6.07, 6.45) is 0. The number of nitro benzene ring substituents is 1. The van der Waals surface area contributed by atoms with Crippen LogP contribution in [-0.2, 0) is 0 Å². The maximum absolute atomic E-state index is 10.9. The molecular weight excluding hydrogens is 450 g/mol. The Labute approximate surface area is 191 Å². The van der Waals surface area contributed by atoms with Gasteiger partial charge in [0, 0.05) is 28.6 Å². The fraction of sp³-hybridized carbons (Fsp3) is 0.0435. The Balaban J connectivity index is 1.67. The van der Waals surface area contributed by atoms with Crippen LogP contribution in [-0.4, -0.2) is 15.0 Å². The molecule has 4 aromatic rings. The number of aliphatic hydroxyl groups excluding tert-OH is 1. The van der Waals surface area contributed by atoms with Crippen molar-refractivity contribution >= 4 is 40.0 Å². The van der Waals surface area contributed by atoms with Gasteiger partial charge in [0.05, 0.1) is 15.6 Å². The smallest absolute Gasteiger partial charge is 0.270 e. The fourth-order valence-electron chi connectivity index (χ4n) is 3.00. The summed E-state index contributed by atoms with van der Waals surface area (Å²) in [5, 5.41) is 33.5. The molecule has 0 bridgehead atoms. The summed E-state index contributed by atoms with van der Waals surface area (Å²) in [4.78, 5) is 14.8. The molecule has 0 atom stereocenters. The third-order valence-electron chi connectivity index (χ3n) is 4.68. The summed E-state index contributed by atoms with van der Waals surface area (Å²) in [7, 11) is 0. The highest BCUT2D eigenvalue weighted by Crippen LogP contribution is 2.35. The number of hydrogen-bond acceptors (Lipinski definition) is 7. The first-order chi connectivity index (χ1) is 15.4. The first-order valence-electron chi connectivity index (χ1n) is 9.28. The normalized spacial score (nSPS) is 11.7. The second kappa shape index (κ2) is 8.67. The van der Waals surface area contributed by atoms with Crippen LogP contribution in [0.2, 0.25) is 5.02 Å². The molecular formula is C23H14ClN3O4S. The largest absolute Gasteiger partial charge is 0.503 e. The molecule has 0 amide bonds. The molecule has 4 rings (SSSR count). The van der Waals surface area contributed by atoms with Crippen molar-refractivity contribution < 1.29 is 14.4 Å². The quantitative estimate of drug-likeness (QED) is 0.149. The van der Waals surface area contributed by atoms with Crippen molar-refractivity contribution in [3.63, 3.8) is 0 Å². The number of non-ortho nitro benzene ring substituents is 1. The zero-order chi connectivity index (χ0) is 22.8. The van der Waals surface area contributed by atoms with Crippen molar-refractivity contribution in [2.24, 2.45) is 0 Å². The van der Waals surface area contributed by atoms with E-state index >= 15 is 0 Å². The number of aryl methyl sites for hydroxylation is 1. The molecule has 0 fully saturated rings. The number of aromatic nitrogens is 1. The maximum Gasteiger partial charge on any atom is 0.270 e. The first-order valence-corrected chi connectivity index (χ1v) is 10.5. The topological polar surface area (TPSA) is 113 Å². The molecule has 0 spiro atoms. The van der Waals surface area contributed by atoms with Crippen LogP contribution in [0.3, 0.4) is 0 Å². The van der Waals surface area contributed by atoms with Gasteiger partial charge >= 0.3 is 0 Å². The van der Waals surface area contributed by atoms with Gasteiger partial charge in [0.15, 0.2) is 11.5 Å². The number of nitrogens with zero attached hydrogens (tertiary/aromatic N) is 3. The van der Waals surface area contributed by atoms with Crippen molar-refractivity contribution in [1.29, 1.82) is 5.26 Å². The van der Waals surface area contributed by atoms with Crippen LogP contribution in [0, 0.1) is 28.4 Å². The average Bonchev–Trinajstić information content (AvgIpc) is 3.45. The number of nitriles is 1. The van der Waals surface area contributed by atoms with Crippen LogP contribution < -0.4 is 0 Å². The Morgan fingerprint density at radius 1 is 1.22 bits per heavy atom. The maximum atomic E-state index is 10.9. The number of benzene rings is 2. The Bertz CT molecular complexity index is 1400. The molecule has 0 aliphatic carbocycles. The van der Waals surface area contributed by atoms with Gasteiger partial charge in [0.2, 0.25) is 0 Å². The average molecular weight is 464 g/mol.